The van der Waals surface area contributed by atoms with E-state index >= 15 is 0 Å². The van der Waals surface area contributed by atoms with Gasteiger partial charge in [0, 0.05) is 24.7 Å². The molecule has 2 N–H and O–H groups in total. The van der Waals surface area contributed by atoms with Crippen LogP contribution >= 0.6 is 11.6 Å². The van der Waals surface area contributed by atoms with Crippen molar-refractivity contribution in [3.8, 4) is 0 Å². The summed E-state index contributed by atoms with van der Waals surface area (Å²) in [5.74, 6) is -0.421. The average Bonchev–Trinajstić information content (AvgIpc) is 2.93. The van der Waals surface area contributed by atoms with Crippen molar-refractivity contribution in [1.29, 1.82) is 0 Å². The van der Waals surface area contributed by atoms with Gasteiger partial charge in [-0.05, 0) is 23.8 Å². The quantitative estimate of drug-likeness (QED) is 0.849. The minimum Gasteiger partial charge on any atom is -0.448 e. The Bertz CT molecular complexity index is 670. The van der Waals surface area contributed by atoms with E-state index in [1.807, 2.05) is 18.2 Å². The van der Waals surface area contributed by atoms with Crippen LogP contribution in [0.1, 0.15) is 16.1 Å². The Morgan fingerprint density at radius 1 is 1.18 bits per heavy atom. The van der Waals surface area contributed by atoms with Gasteiger partial charge >= 0.3 is 6.09 Å². The predicted octanol–water partition coefficient (Wildman–Crippen LogP) is 2.29. The summed E-state index contributed by atoms with van der Waals surface area (Å²) >= 11 is 6.00. The number of aryl methyl sites for hydroxylation is 1. The van der Waals surface area contributed by atoms with E-state index in [1.54, 1.807) is 36.0 Å². The fourth-order valence-electron chi connectivity index (χ4n) is 1.86. The van der Waals surface area contributed by atoms with E-state index in [1.165, 1.54) is 0 Å². The fourth-order valence-corrected chi connectivity index (χ4v) is 2.09. The van der Waals surface area contributed by atoms with Crippen molar-refractivity contribution in [2.24, 2.45) is 7.05 Å². The first-order valence-electron chi connectivity index (χ1n) is 6.66. The SMILES string of the molecule is Cn1cccc1C(=O)NNC(=O)OCCc1ccccc1Cl. The van der Waals surface area contributed by atoms with Crippen LogP contribution in [-0.2, 0) is 18.2 Å². The third-order valence-electron chi connectivity index (χ3n) is 3.02. The number of ether oxygens (including phenoxy) is 1. The van der Waals surface area contributed by atoms with E-state index in [0.717, 1.165) is 5.56 Å². The summed E-state index contributed by atoms with van der Waals surface area (Å²) in [6, 6.07) is 10.7. The van der Waals surface area contributed by atoms with Crippen LogP contribution in [0.4, 0.5) is 4.79 Å². The fraction of sp³-hybridized carbons (Fsp3) is 0.200. The summed E-state index contributed by atoms with van der Waals surface area (Å²) in [7, 11) is 1.73. The number of benzene rings is 1. The summed E-state index contributed by atoms with van der Waals surface area (Å²) in [4.78, 5) is 23.2. The van der Waals surface area contributed by atoms with Gasteiger partial charge in [-0.2, -0.15) is 0 Å². The molecule has 1 aromatic heterocycles. The molecular weight excluding hydrogens is 306 g/mol. The van der Waals surface area contributed by atoms with Crippen molar-refractivity contribution in [3.63, 3.8) is 0 Å². The molecule has 0 saturated carbocycles. The summed E-state index contributed by atoms with van der Waals surface area (Å²) in [5.41, 5.74) is 5.79. The zero-order chi connectivity index (χ0) is 15.9. The number of aromatic nitrogens is 1. The molecule has 0 bridgehead atoms. The molecule has 0 saturated heterocycles. The molecule has 0 radical (unpaired) electrons. The molecule has 2 rings (SSSR count). The Kier molecular flexibility index (Phi) is 5.43. The molecule has 1 aromatic carbocycles. The maximum absolute atomic E-state index is 11.8. The number of halogens is 1. The Balaban J connectivity index is 1.71. The molecule has 0 aliphatic carbocycles. The Morgan fingerprint density at radius 3 is 2.64 bits per heavy atom. The molecule has 0 fully saturated rings. The number of hydrogen-bond donors (Lipinski definition) is 2. The molecule has 0 aliphatic rings. The summed E-state index contributed by atoms with van der Waals surface area (Å²) < 4.78 is 6.61. The first kappa shape index (κ1) is 15.9. The Morgan fingerprint density at radius 2 is 1.95 bits per heavy atom. The van der Waals surface area contributed by atoms with E-state index in [-0.39, 0.29) is 6.61 Å². The second-order valence-corrected chi connectivity index (χ2v) is 4.97. The monoisotopic (exact) mass is 321 g/mol. The molecule has 0 aliphatic heterocycles. The smallest absolute Gasteiger partial charge is 0.426 e. The van der Waals surface area contributed by atoms with Crippen molar-refractivity contribution in [1.82, 2.24) is 15.4 Å². The first-order valence-corrected chi connectivity index (χ1v) is 7.03. The van der Waals surface area contributed by atoms with Gasteiger partial charge in [0.05, 0.1) is 6.61 Å². The highest BCUT2D eigenvalue weighted by Crippen LogP contribution is 2.15. The predicted molar refractivity (Wildman–Crippen MR) is 82.5 cm³/mol. The number of hydrazine groups is 1. The highest BCUT2D eigenvalue weighted by Gasteiger charge is 2.10. The molecular formula is C15H16ClN3O3. The molecule has 2 amide bonds. The molecule has 22 heavy (non-hydrogen) atoms. The van der Waals surface area contributed by atoms with Crippen LogP contribution in [0.2, 0.25) is 5.02 Å². The van der Waals surface area contributed by atoms with Gasteiger partial charge in [-0.25, -0.2) is 10.2 Å². The molecule has 0 unspecified atom stereocenters. The third kappa shape index (κ3) is 4.26. The standard InChI is InChI=1S/C15H16ClN3O3/c1-19-9-4-7-13(19)14(20)17-18-15(21)22-10-8-11-5-2-3-6-12(11)16/h2-7,9H,8,10H2,1H3,(H,17,20)(H,18,21). The number of carbonyl (C=O) groups excluding carboxylic acids is 2. The van der Waals surface area contributed by atoms with Gasteiger partial charge in [0.25, 0.3) is 5.91 Å². The lowest BCUT2D eigenvalue weighted by Crippen LogP contribution is -2.42. The highest BCUT2D eigenvalue weighted by molar-refractivity contribution is 6.31. The zero-order valence-electron chi connectivity index (χ0n) is 12.0. The zero-order valence-corrected chi connectivity index (χ0v) is 12.8. The van der Waals surface area contributed by atoms with Crippen molar-refractivity contribution >= 4 is 23.6 Å². The molecule has 0 spiro atoms. The maximum Gasteiger partial charge on any atom is 0.426 e. The summed E-state index contributed by atoms with van der Waals surface area (Å²) in [6.07, 6.45) is 1.50. The number of amides is 2. The number of carbonyl (C=O) groups is 2. The topological polar surface area (TPSA) is 72.4 Å². The third-order valence-corrected chi connectivity index (χ3v) is 3.39. The number of hydrogen-bond acceptors (Lipinski definition) is 3. The Labute approximate surface area is 133 Å². The van der Waals surface area contributed by atoms with E-state index in [0.29, 0.717) is 17.1 Å². The van der Waals surface area contributed by atoms with Crippen LogP contribution in [0.25, 0.3) is 0 Å². The van der Waals surface area contributed by atoms with Gasteiger partial charge in [0.2, 0.25) is 0 Å². The molecule has 6 nitrogen and oxygen atoms in total. The van der Waals surface area contributed by atoms with Crippen LogP contribution in [0, 0.1) is 0 Å². The lowest BCUT2D eigenvalue weighted by atomic mass is 10.2. The largest absolute Gasteiger partial charge is 0.448 e. The second-order valence-electron chi connectivity index (χ2n) is 4.56. The van der Waals surface area contributed by atoms with Gasteiger partial charge < -0.3 is 9.30 Å². The second kappa shape index (κ2) is 7.51. The van der Waals surface area contributed by atoms with Crippen molar-refractivity contribution in [2.45, 2.75) is 6.42 Å². The van der Waals surface area contributed by atoms with Crippen LogP contribution in [0.15, 0.2) is 42.6 Å². The lowest BCUT2D eigenvalue weighted by molar-refractivity contribution is 0.0902. The number of rotatable bonds is 4. The van der Waals surface area contributed by atoms with Crippen molar-refractivity contribution in [3.05, 3.63) is 58.9 Å². The lowest BCUT2D eigenvalue weighted by Gasteiger charge is -2.09. The van der Waals surface area contributed by atoms with Gasteiger partial charge in [-0.3, -0.25) is 10.2 Å². The molecule has 0 atom stereocenters. The molecule has 1 heterocycles. The first-order chi connectivity index (χ1) is 10.6. The summed E-state index contributed by atoms with van der Waals surface area (Å²) in [6.45, 7) is 0.162. The van der Waals surface area contributed by atoms with Crippen LogP contribution in [0.5, 0.6) is 0 Å². The Hall–Kier alpha value is -2.47. The molecule has 7 heteroatoms. The van der Waals surface area contributed by atoms with Crippen molar-refractivity contribution < 1.29 is 14.3 Å². The normalized spacial score (nSPS) is 10.1. The number of nitrogens with zero attached hydrogens (tertiary/aromatic N) is 1. The van der Waals surface area contributed by atoms with E-state index in [4.69, 9.17) is 16.3 Å². The van der Waals surface area contributed by atoms with E-state index in [9.17, 15) is 9.59 Å². The molecule has 116 valence electrons. The minimum atomic E-state index is -0.727. The minimum absolute atomic E-state index is 0.162. The van der Waals surface area contributed by atoms with Crippen LogP contribution in [-0.4, -0.2) is 23.2 Å². The molecule has 2 aromatic rings. The van der Waals surface area contributed by atoms with E-state index < -0.39 is 12.0 Å². The van der Waals surface area contributed by atoms with Crippen LogP contribution in [0.3, 0.4) is 0 Å². The van der Waals surface area contributed by atoms with Gasteiger partial charge in [-0.1, -0.05) is 29.8 Å². The summed E-state index contributed by atoms with van der Waals surface area (Å²) in [5, 5.41) is 0.628. The maximum atomic E-state index is 11.8. The van der Waals surface area contributed by atoms with Crippen LogP contribution < -0.4 is 10.9 Å². The highest BCUT2D eigenvalue weighted by atomic mass is 35.5. The average molecular weight is 322 g/mol. The van der Waals surface area contributed by atoms with Gasteiger partial charge in [0.1, 0.15) is 5.69 Å². The van der Waals surface area contributed by atoms with Gasteiger partial charge in [0.15, 0.2) is 0 Å². The van der Waals surface area contributed by atoms with Crippen molar-refractivity contribution in [2.75, 3.05) is 6.61 Å². The van der Waals surface area contributed by atoms with Gasteiger partial charge in [-0.15, -0.1) is 0 Å². The van der Waals surface area contributed by atoms with E-state index in [2.05, 4.69) is 10.9 Å². The number of nitrogens with one attached hydrogen (secondary N) is 2.